The van der Waals surface area contributed by atoms with Crippen LogP contribution in [0.25, 0.3) is 0 Å². The van der Waals surface area contributed by atoms with Crippen molar-refractivity contribution >= 4 is 23.3 Å². The van der Waals surface area contributed by atoms with Gasteiger partial charge < -0.3 is 15.5 Å². The largest absolute Gasteiger partial charge is 0.382 e. The number of urea groups is 1. The van der Waals surface area contributed by atoms with E-state index in [4.69, 9.17) is 0 Å². The molecule has 1 aromatic rings. The summed E-state index contributed by atoms with van der Waals surface area (Å²) in [4.78, 5) is 27.6. The summed E-state index contributed by atoms with van der Waals surface area (Å²) in [7, 11) is 0. The number of para-hydroxylation sites is 2. The van der Waals surface area contributed by atoms with Crippen molar-refractivity contribution in [2.75, 3.05) is 36.4 Å². The van der Waals surface area contributed by atoms with Gasteiger partial charge in [0.15, 0.2) is 0 Å². The highest BCUT2D eigenvalue weighted by Crippen LogP contribution is 2.28. The Kier molecular flexibility index (Phi) is 3.23. The molecular formula is C15H20N4O2. The molecular weight excluding hydrogens is 268 g/mol. The van der Waals surface area contributed by atoms with Gasteiger partial charge >= 0.3 is 6.03 Å². The summed E-state index contributed by atoms with van der Waals surface area (Å²) in [6, 6.07) is 7.79. The van der Waals surface area contributed by atoms with Gasteiger partial charge in [-0.05, 0) is 26.0 Å². The summed E-state index contributed by atoms with van der Waals surface area (Å²) in [6.45, 7) is 6.24. The molecule has 0 radical (unpaired) electrons. The monoisotopic (exact) mass is 288 g/mol. The van der Waals surface area contributed by atoms with E-state index in [-0.39, 0.29) is 11.9 Å². The number of anilines is 2. The average molecular weight is 288 g/mol. The number of rotatable bonds is 3. The molecule has 0 spiro atoms. The van der Waals surface area contributed by atoms with Crippen LogP contribution in [0.4, 0.5) is 16.2 Å². The van der Waals surface area contributed by atoms with Crippen LogP contribution in [0.2, 0.25) is 0 Å². The Hall–Kier alpha value is -2.24. The van der Waals surface area contributed by atoms with Gasteiger partial charge in [-0.3, -0.25) is 9.69 Å². The highest BCUT2D eigenvalue weighted by molar-refractivity contribution is 6.06. The van der Waals surface area contributed by atoms with Crippen molar-refractivity contribution in [1.82, 2.24) is 10.2 Å². The minimum absolute atomic E-state index is 0.157. The van der Waals surface area contributed by atoms with E-state index in [0.717, 1.165) is 24.5 Å². The van der Waals surface area contributed by atoms with Crippen molar-refractivity contribution in [2.45, 2.75) is 19.4 Å². The first-order valence-electron chi connectivity index (χ1n) is 7.21. The molecule has 1 aromatic carbocycles. The first-order chi connectivity index (χ1) is 9.99. The number of carbonyl (C=O) groups is 2. The first-order valence-corrected chi connectivity index (χ1v) is 7.21. The Morgan fingerprint density at radius 1 is 1.19 bits per heavy atom. The number of hydrogen-bond donors (Lipinski definition) is 2. The fourth-order valence-electron chi connectivity index (χ4n) is 2.82. The van der Waals surface area contributed by atoms with Gasteiger partial charge in [-0.2, -0.15) is 0 Å². The smallest absolute Gasteiger partial charge is 0.325 e. The summed E-state index contributed by atoms with van der Waals surface area (Å²) in [5, 5.41) is 6.06. The van der Waals surface area contributed by atoms with Gasteiger partial charge in [-0.25, -0.2) is 4.79 Å². The molecule has 0 saturated carbocycles. The van der Waals surface area contributed by atoms with Crippen molar-refractivity contribution in [3.63, 3.8) is 0 Å². The Balaban J connectivity index is 1.69. The molecule has 1 saturated heterocycles. The zero-order valence-electron chi connectivity index (χ0n) is 12.3. The van der Waals surface area contributed by atoms with E-state index < -0.39 is 5.54 Å². The second-order valence-electron chi connectivity index (χ2n) is 5.94. The van der Waals surface area contributed by atoms with E-state index in [1.165, 1.54) is 4.90 Å². The van der Waals surface area contributed by atoms with Crippen LogP contribution < -0.4 is 15.5 Å². The third kappa shape index (κ3) is 2.41. The standard InChI is InChI=1S/C15H20N4O2/c1-15(2)13(20)19(14(21)17-15)10-9-18-8-7-16-11-5-3-4-6-12(11)18/h3-6,16H,7-10H2,1-2H3,(H,17,21). The molecule has 2 heterocycles. The van der Waals surface area contributed by atoms with Crippen molar-refractivity contribution < 1.29 is 9.59 Å². The summed E-state index contributed by atoms with van der Waals surface area (Å²) >= 11 is 0. The molecule has 0 atom stereocenters. The second-order valence-corrected chi connectivity index (χ2v) is 5.94. The fraction of sp³-hybridized carbons (Fsp3) is 0.467. The van der Waals surface area contributed by atoms with Crippen molar-refractivity contribution in [3.8, 4) is 0 Å². The number of nitrogens with zero attached hydrogens (tertiary/aromatic N) is 2. The lowest BCUT2D eigenvalue weighted by molar-refractivity contribution is -0.130. The van der Waals surface area contributed by atoms with Crippen LogP contribution in [0, 0.1) is 0 Å². The maximum atomic E-state index is 12.2. The maximum Gasteiger partial charge on any atom is 0.325 e. The summed E-state index contributed by atoms with van der Waals surface area (Å²) in [5.74, 6) is -0.157. The first kappa shape index (κ1) is 13.7. The Labute approximate surface area is 124 Å². The van der Waals surface area contributed by atoms with Crippen molar-refractivity contribution in [2.24, 2.45) is 0 Å². The fourth-order valence-corrected chi connectivity index (χ4v) is 2.82. The van der Waals surface area contributed by atoms with Crippen LogP contribution in [0.5, 0.6) is 0 Å². The molecule has 2 aliphatic rings. The van der Waals surface area contributed by atoms with E-state index in [9.17, 15) is 9.59 Å². The van der Waals surface area contributed by atoms with E-state index in [1.54, 1.807) is 13.8 Å². The molecule has 6 nitrogen and oxygen atoms in total. The predicted molar refractivity (Wildman–Crippen MR) is 81.5 cm³/mol. The predicted octanol–water partition coefficient (Wildman–Crippen LogP) is 1.25. The molecule has 112 valence electrons. The molecule has 2 aliphatic heterocycles. The molecule has 0 bridgehead atoms. The highest BCUT2D eigenvalue weighted by Gasteiger charge is 2.44. The average Bonchev–Trinajstić information content (AvgIpc) is 2.65. The minimum atomic E-state index is -0.793. The molecule has 3 amide bonds. The van der Waals surface area contributed by atoms with Crippen LogP contribution in [-0.4, -0.2) is 48.6 Å². The summed E-state index contributed by atoms with van der Waals surface area (Å²) < 4.78 is 0. The lowest BCUT2D eigenvalue weighted by Crippen LogP contribution is -2.43. The van der Waals surface area contributed by atoms with Crippen LogP contribution in [0.1, 0.15) is 13.8 Å². The zero-order chi connectivity index (χ0) is 15.0. The van der Waals surface area contributed by atoms with E-state index in [1.807, 2.05) is 18.2 Å². The maximum absolute atomic E-state index is 12.2. The molecule has 0 unspecified atom stereocenters. The topological polar surface area (TPSA) is 64.7 Å². The van der Waals surface area contributed by atoms with Crippen LogP contribution in [0.3, 0.4) is 0 Å². The van der Waals surface area contributed by atoms with Gasteiger partial charge in [-0.15, -0.1) is 0 Å². The molecule has 0 aliphatic carbocycles. The number of hydrogen-bond acceptors (Lipinski definition) is 4. The van der Waals surface area contributed by atoms with Gasteiger partial charge in [0.05, 0.1) is 11.4 Å². The number of carbonyl (C=O) groups excluding carboxylic acids is 2. The summed E-state index contributed by atoms with van der Waals surface area (Å²) in [5.41, 5.74) is 1.43. The van der Waals surface area contributed by atoms with Gasteiger partial charge in [0, 0.05) is 26.2 Å². The van der Waals surface area contributed by atoms with E-state index >= 15 is 0 Å². The van der Waals surface area contributed by atoms with Crippen molar-refractivity contribution in [1.29, 1.82) is 0 Å². The lowest BCUT2D eigenvalue weighted by Gasteiger charge is -2.32. The van der Waals surface area contributed by atoms with Crippen LogP contribution in [0.15, 0.2) is 24.3 Å². The SMILES string of the molecule is CC1(C)NC(=O)N(CCN2CCNc3ccccc32)C1=O. The number of amides is 3. The second kappa shape index (κ2) is 4.95. The zero-order valence-corrected chi connectivity index (χ0v) is 12.3. The normalized spacial score (nSPS) is 20.1. The molecule has 1 fully saturated rings. The molecule has 0 aromatic heterocycles. The third-order valence-corrected chi connectivity index (χ3v) is 3.98. The molecule has 3 rings (SSSR count). The Morgan fingerprint density at radius 3 is 2.67 bits per heavy atom. The van der Waals surface area contributed by atoms with Gasteiger partial charge in [0.2, 0.25) is 0 Å². The number of benzene rings is 1. The quantitative estimate of drug-likeness (QED) is 0.822. The number of imide groups is 1. The van der Waals surface area contributed by atoms with Crippen molar-refractivity contribution in [3.05, 3.63) is 24.3 Å². The van der Waals surface area contributed by atoms with Gasteiger partial charge in [0.1, 0.15) is 5.54 Å². The molecule has 6 heteroatoms. The summed E-state index contributed by atoms with van der Waals surface area (Å²) in [6.07, 6.45) is 0. The highest BCUT2D eigenvalue weighted by atomic mass is 16.2. The number of fused-ring (bicyclic) bond motifs is 1. The lowest BCUT2D eigenvalue weighted by atomic mass is 10.1. The van der Waals surface area contributed by atoms with E-state index in [0.29, 0.717) is 13.1 Å². The number of nitrogens with one attached hydrogen (secondary N) is 2. The molecule has 21 heavy (non-hydrogen) atoms. The Bertz CT molecular complexity index is 585. The van der Waals surface area contributed by atoms with Gasteiger partial charge in [0.25, 0.3) is 5.91 Å². The van der Waals surface area contributed by atoms with Gasteiger partial charge in [-0.1, -0.05) is 12.1 Å². The van der Waals surface area contributed by atoms with Crippen LogP contribution >= 0.6 is 0 Å². The minimum Gasteiger partial charge on any atom is -0.382 e. The molecule has 2 N–H and O–H groups in total. The Morgan fingerprint density at radius 2 is 1.95 bits per heavy atom. The van der Waals surface area contributed by atoms with Crippen LogP contribution in [-0.2, 0) is 4.79 Å². The third-order valence-electron chi connectivity index (χ3n) is 3.98. The van der Waals surface area contributed by atoms with E-state index in [2.05, 4.69) is 21.6 Å².